The number of aromatic nitrogens is 4. The lowest BCUT2D eigenvalue weighted by Crippen LogP contribution is -2.20. The van der Waals surface area contributed by atoms with Crippen LogP contribution in [0.2, 0.25) is 0 Å². The number of hydrogen-bond acceptors (Lipinski definition) is 6. The van der Waals surface area contributed by atoms with Crippen LogP contribution in [0.15, 0.2) is 78.0 Å². The molecule has 1 N–H and O–H groups in total. The molecule has 0 fully saturated rings. The Morgan fingerprint density at radius 3 is 2.33 bits per heavy atom. The highest BCUT2D eigenvalue weighted by Crippen LogP contribution is 2.36. The van der Waals surface area contributed by atoms with Crippen molar-refractivity contribution in [2.24, 2.45) is 0 Å². The van der Waals surface area contributed by atoms with Gasteiger partial charge in [0.25, 0.3) is 0 Å². The molecule has 0 spiro atoms. The van der Waals surface area contributed by atoms with Gasteiger partial charge in [0.05, 0.1) is 5.69 Å². The van der Waals surface area contributed by atoms with Gasteiger partial charge in [-0.25, -0.2) is 0 Å². The first kappa shape index (κ1) is 22.4. The van der Waals surface area contributed by atoms with E-state index in [2.05, 4.69) is 20.8 Å². The Bertz CT molecular complexity index is 1280. The first-order chi connectivity index (χ1) is 15.9. The number of tetrazole rings is 1. The van der Waals surface area contributed by atoms with Gasteiger partial charge in [0.2, 0.25) is 11.1 Å². The Balaban J connectivity index is 1.68. The van der Waals surface area contributed by atoms with Crippen molar-refractivity contribution in [2.45, 2.75) is 31.2 Å². The Morgan fingerprint density at radius 1 is 0.939 bits per heavy atom. The highest BCUT2D eigenvalue weighted by molar-refractivity contribution is 8.00. The summed E-state index contributed by atoms with van der Waals surface area (Å²) in [6.07, 6.45) is 0. The van der Waals surface area contributed by atoms with E-state index < -0.39 is 5.25 Å². The molecule has 4 rings (SSSR count). The summed E-state index contributed by atoms with van der Waals surface area (Å²) < 4.78 is 1.68. The molecule has 1 unspecified atom stereocenters. The average molecular weight is 458 g/mol. The van der Waals surface area contributed by atoms with E-state index in [1.165, 1.54) is 18.7 Å². The number of anilines is 1. The van der Waals surface area contributed by atoms with Crippen molar-refractivity contribution >= 4 is 29.1 Å². The fraction of sp³-hybridized carbons (Fsp3) is 0.160. The van der Waals surface area contributed by atoms with Crippen molar-refractivity contribution < 1.29 is 9.59 Å². The molecular formula is C25H23N5O2S. The number of nitrogens with zero attached hydrogens (tertiary/aromatic N) is 4. The molecule has 1 amide bonds. The standard InChI is InChI=1S/C25H23N5O2S/c1-16-9-7-10-17(2)22(16)30-25(27-28-29-30)33-23(19-11-5-4-6-12-19)24(32)26-21-14-8-13-20(15-21)18(3)31/h4-15,23H,1-3H3,(H,26,32). The Kier molecular flexibility index (Phi) is 6.65. The van der Waals surface area contributed by atoms with Gasteiger partial charge in [0.15, 0.2) is 5.78 Å². The van der Waals surface area contributed by atoms with E-state index in [4.69, 9.17) is 0 Å². The number of thioether (sulfide) groups is 1. The molecule has 1 aromatic heterocycles. The molecule has 0 saturated carbocycles. The van der Waals surface area contributed by atoms with Crippen molar-refractivity contribution in [3.63, 3.8) is 0 Å². The van der Waals surface area contributed by atoms with Crippen molar-refractivity contribution in [3.8, 4) is 5.69 Å². The summed E-state index contributed by atoms with van der Waals surface area (Å²) in [6.45, 7) is 5.50. The van der Waals surface area contributed by atoms with Gasteiger partial charge in [-0.2, -0.15) is 4.68 Å². The molecular weight excluding hydrogens is 434 g/mol. The third-order valence-electron chi connectivity index (χ3n) is 5.19. The van der Waals surface area contributed by atoms with E-state index in [-0.39, 0.29) is 11.7 Å². The molecule has 1 heterocycles. The first-order valence-electron chi connectivity index (χ1n) is 10.4. The van der Waals surface area contributed by atoms with Crippen LogP contribution in [0.3, 0.4) is 0 Å². The normalized spacial score (nSPS) is 11.7. The van der Waals surface area contributed by atoms with Crippen molar-refractivity contribution in [1.29, 1.82) is 0 Å². The summed E-state index contributed by atoms with van der Waals surface area (Å²) >= 11 is 1.27. The van der Waals surface area contributed by atoms with E-state index in [1.54, 1.807) is 28.9 Å². The molecule has 0 bridgehead atoms. The van der Waals surface area contributed by atoms with Crippen LogP contribution in [-0.4, -0.2) is 31.9 Å². The molecule has 0 aliphatic carbocycles. The van der Waals surface area contributed by atoms with E-state index in [0.29, 0.717) is 16.4 Å². The van der Waals surface area contributed by atoms with Gasteiger partial charge in [-0.3, -0.25) is 9.59 Å². The molecule has 3 aromatic carbocycles. The molecule has 0 saturated heterocycles. The molecule has 8 heteroatoms. The summed E-state index contributed by atoms with van der Waals surface area (Å²) in [5, 5.41) is 15.1. The highest BCUT2D eigenvalue weighted by atomic mass is 32.2. The number of hydrogen-bond donors (Lipinski definition) is 1. The number of aryl methyl sites for hydroxylation is 2. The molecule has 0 aliphatic rings. The van der Waals surface area contributed by atoms with E-state index in [9.17, 15) is 9.59 Å². The lowest BCUT2D eigenvalue weighted by molar-refractivity contribution is -0.115. The number of para-hydroxylation sites is 1. The fourth-order valence-electron chi connectivity index (χ4n) is 3.56. The lowest BCUT2D eigenvalue weighted by atomic mass is 10.1. The zero-order valence-electron chi connectivity index (χ0n) is 18.5. The second-order valence-corrected chi connectivity index (χ2v) is 8.72. The quantitative estimate of drug-likeness (QED) is 0.312. The van der Waals surface area contributed by atoms with Gasteiger partial charge in [0.1, 0.15) is 5.25 Å². The minimum Gasteiger partial charge on any atom is -0.325 e. The van der Waals surface area contributed by atoms with Gasteiger partial charge < -0.3 is 5.32 Å². The number of nitrogens with one attached hydrogen (secondary N) is 1. The van der Waals surface area contributed by atoms with Crippen molar-refractivity contribution in [3.05, 3.63) is 95.1 Å². The summed E-state index contributed by atoms with van der Waals surface area (Å²) in [5.41, 5.74) is 4.88. The Labute approximate surface area is 196 Å². The second-order valence-electron chi connectivity index (χ2n) is 7.65. The van der Waals surface area contributed by atoms with Crippen LogP contribution < -0.4 is 5.32 Å². The van der Waals surface area contributed by atoms with Gasteiger partial charge in [-0.1, -0.05) is 72.4 Å². The summed E-state index contributed by atoms with van der Waals surface area (Å²) in [7, 11) is 0. The number of rotatable bonds is 7. The minimum absolute atomic E-state index is 0.0622. The van der Waals surface area contributed by atoms with Gasteiger partial charge in [-0.15, -0.1) is 5.10 Å². The maximum Gasteiger partial charge on any atom is 0.242 e. The first-order valence-corrected chi connectivity index (χ1v) is 11.3. The van der Waals surface area contributed by atoms with E-state index >= 15 is 0 Å². The van der Waals surface area contributed by atoms with Crippen LogP contribution in [0.4, 0.5) is 5.69 Å². The molecule has 0 aliphatic heterocycles. The van der Waals surface area contributed by atoms with E-state index in [1.807, 2.05) is 62.4 Å². The lowest BCUT2D eigenvalue weighted by Gasteiger charge is -2.17. The van der Waals surface area contributed by atoms with Crippen LogP contribution in [0.25, 0.3) is 5.69 Å². The number of carbonyl (C=O) groups is 2. The van der Waals surface area contributed by atoms with Crippen LogP contribution in [0.5, 0.6) is 0 Å². The van der Waals surface area contributed by atoms with Gasteiger partial charge in [0, 0.05) is 11.3 Å². The predicted molar refractivity (Wildman–Crippen MR) is 129 cm³/mol. The van der Waals surface area contributed by atoms with E-state index in [0.717, 1.165) is 22.4 Å². The maximum absolute atomic E-state index is 13.4. The van der Waals surface area contributed by atoms with Crippen LogP contribution >= 0.6 is 11.8 Å². The zero-order chi connectivity index (χ0) is 23.4. The molecule has 33 heavy (non-hydrogen) atoms. The van der Waals surface area contributed by atoms with Crippen molar-refractivity contribution in [1.82, 2.24) is 20.2 Å². The molecule has 166 valence electrons. The summed E-state index contributed by atoms with van der Waals surface area (Å²) in [4.78, 5) is 25.1. The van der Waals surface area contributed by atoms with Crippen molar-refractivity contribution in [2.75, 3.05) is 5.32 Å². The molecule has 0 radical (unpaired) electrons. The molecule has 4 aromatic rings. The maximum atomic E-state index is 13.4. The van der Waals surface area contributed by atoms with Crippen LogP contribution in [0, 0.1) is 13.8 Å². The SMILES string of the molecule is CC(=O)c1cccc(NC(=O)C(Sc2nnnn2-c2c(C)cccc2C)c2ccccc2)c1. The minimum atomic E-state index is -0.610. The number of benzene rings is 3. The van der Waals surface area contributed by atoms with Crippen LogP contribution in [-0.2, 0) is 4.79 Å². The number of ketones is 1. The number of Topliss-reactive ketones (excluding diaryl/α,β-unsaturated/α-hetero) is 1. The number of amides is 1. The monoisotopic (exact) mass is 457 g/mol. The third kappa shape index (κ3) is 5.01. The average Bonchev–Trinajstić information content (AvgIpc) is 3.26. The summed E-state index contributed by atoms with van der Waals surface area (Å²) in [5.74, 6) is -0.296. The van der Waals surface area contributed by atoms with Gasteiger partial charge in [-0.05, 0) is 60.0 Å². The van der Waals surface area contributed by atoms with Gasteiger partial charge >= 0.3 is 0 Å². The topological polar surface area (TPSA) is 89.8 Å². The Morgan fingerprint density at radius 2 is 1.64 bits per heavy atom. The largest absolute Gasteiger partial charge is 0.325 e. The smallest absolute Gasteiger partial charge is 0.242 e. The Hall–Kier alpha value is -3.78. The fourth-order valence-corrected chi connectivity index (χ4v) is 4.54. The highest BCUT2D eigenvalue weighted by Gasteiger charge is 2.26. The summed E-state index contributed by atoms with van der Waals surface area (Å²) in [6, 6.07) is 22.4. The number of carbonyl (C=O) groups excluding carboxylic acids is 2. The zero-order valence-corrected chi connectivity index (χ0v) is 19.3. The molecule has 7 nitrogen and oxygen atoms in total. The predicted octanol–water partition coefficient (Wildman–Crippen LogP) is 4.95. The van der Waals surface area contributed by atoms with Crippen LogP contribution in [0.1, 0.15) is 39.2 Å². The third-order valence-corrected chi connectivity index (χ3v) is 6.38. The molecule has 1 atom stereocenters. The second kappa shape index (κ2) is 9.79.